The smallest absolute Gasteiger partial charge is 0.229 e. The summed E-state index contributed by atoms with van der Waals surface area (Å²) >= 11 is 0. The van der Waals surface area contributed by atoms with Crippen molar-refractivity contribution in [3.63, 3.8) is 0 Å². The first-order chi connectivity index (χ1) is 9.20. The van der Waals surface area contributed by atoms with Gasteiger partial charge >= 0.3 is 0 Å². The molecule has 0 unspecified atom stereocenters. The van der Waals surface area contributed by atoms with Gasteiger partial charge in [0.05, 0.1) is 16.4 Å². The van der Waals surface area contributed by atoms with Crippen molar-refractivity contribution in [2.24, 2.45) is 5.92 Å². The van der Waals surface area contributed by atoms with Crippen LogP contribution in [0.1, 0.15) is 17.5 Å². The van der Waals surface area contributed by atoms with Gasteiger partial charge in [0.15, 0.2) is 9.84 Å². The zero-order valence-corrected chi connectivity index (χ0v) is 13.2. The van der Waals surface area contributed by atoms with Gasteiger partial charge < -0.3 is 0 Å². The number of rotatable bonds is 4. The number of hydrogen-bond acceptors (Lipinski definition) is 4. The predicted molar refractivity (Wildman–Crippen MR) is 77.9 cm³/mol. The van der Waals surface area contributed by atoms with Crippen molar-refractivity contribution in [2.45, 2.75) is 25.2 Å². The molecule has 1 heterocycles. The SMILES string of the molecule is Cc1ccc(S(=O)(=O)NC[C@@H]2CCS(=O)(=O)C2)c(C)c1. The lowest BCUT2D eigenvalue weighted by Gasteiger charge is -2.12. The number of benzene rings is 1. The molecule has 7 heteroatoms. The summed E-state index contributed by atoms with van der Waals surface area (Å²) in [4.78, 5) is 0.254. The highest BCUT2D eigenvalue weighted by Gasteiger charge is 2.29. The molecule has 0 radical (unpaired) electrons. The maximum absolute atomic E-state index is 12.2. The normalized spacial score (nSPS) is 22.0. The third-order valence-corrected chi connectivity index (χ3v) is 6.93. The Bertz CT molecular complexity index is 708. The van der Waals surface area contributed by atoms with E-state index in [-0.39, 0.29) is 28.9 Å². The highest BCUT2D eigenvalue weighted by Crippen LogP contribution is 2.20. The van der Waals surface area contributed by atoms with E-state index in [1.165, 1.54) is 0 Å². The van der Waals surface area contributed by atoms with Gasteiger partial charge in [-0.15, -0.1) is 0 Å². The van der Waals surface area contributed by atoms with E-state index >= 15 is 0 Å². The molecular formula is C13H19NO4S2. The fourth-order valence-corrected chi connectivity index (χ4v) is 5.64. The lowest BCUT2D eigenvalue weighted by atomic mass is 10.1. The Labute approximate surface area is 120 Å². The van der Waals surface area contributed by atoms with E-state index in [0.717, 1.165) is 5.56 Å². The van der Waals surface area contributed by atoms with E-state index in [0.29, 0.717) is 12.0 Å². The molecule has 2 rings (SSSR count). The number of sulfone groups is 1. The second kappa shape index (κ2) is 5.46. The zero-order valence-electron chi connectivity index (χ0n) is 11.6. The summed E-state index contributed by atoms with van der Waals surface area (Å²) in [5.74, 6) is 0.103. The molecule has 1 saturated heterocycles. The molecule has 1 fully saturated rings. The Kier molecular flexibility index (Phi) is 4.22. The summed E-state index contributed by atoms with van der Waals surface area (Å²) in [6, 6.07) is 5.15. The van der Waals surface area contributed by atoms with E-state index in [1.54, 1.807) is 19.1 Å². The summed E-state index contributed by atoms with van der Waals surface area (Å²) < 4.78 is 49.7. The second-order valence-electron chi connectivity index (χ2n) is 5.39. The van der Waals surface area contributed by atoms with Gasteiger partial charge in [-0.25, -0.2) is 21.6 Å². The minimum absolute atomic E-state index is 0.0718. The van der Waals surface area contributed by atoms with Crippen LogP contribution in [0.5, 0.6) is 0 Å². The lowest BCUT2D eigenvalue weighted by Crippen LogP contribution is -2.30. The summed E-state index contributed by atoms with van der Waals surface area (Å²) in [5.41, 5.74) is 1.69. The first-order valence-electron chi connectivity index (χ1n) is 6.47. The highest BCUT2D eigenvalue weighted by molar-refractivity contribution is 7.91. The second-order valence-corrected chi connectivity index (χ2v) is 9.35. The minimum atomic E-state index is -3.58. The topological polar surface area (TPSA) is 80.3 Å². The van der Waals surface area contributed by atoms with E-state index in [2.05, 4.69) is 4.72 Å². The van der Waals surface area contributed by atoms with Gasteiger partial charge in [0.2, 0.25) is 10.0 Å². The van der Waals surface area contributed by atoms with Crippen LogP contribution in [0.2, 0.25) is 0 Å². The molecule has 0 aliphatic carbocycles. The number of nitrogens with one attached hydrogen (secondary N) is 1. The van der Waals surface area contributed by atoms with Crippen molar-refractivity contribution >= 4 is 19.9 Å². The molecule has 1 N–H and O–H groups in total. The third kappa shape index (κ3) is 3.59. The first-order valence-corrected chi connectivity index (χ1v) is 9.77. The zero-order chi connectivity index (χ0) is 15.0. The Morgan fingerprint density at radius 2 is 2.00 bits per heavy atom. The van der Waals surface area contributed by atoms with Gasteiger partial charge in [0.25, 0.3) is 0 Å². The van der Waals surface area contributed by atoms with Crippen molar-refractivity contribution in [2.75, 3.05) is 18.1 Å². The van der Waals surface area contributed by atoms with Crippen molar-refractivity contribution in [3.8, 4) is 0 Å². The average molecular weight is 317 g/mol. The van der Waals surface area contributed by atoms with Crippen LogP contribution >= 0.6 is 0 Å². The molecular weight excluding hydrogens is 298 g/mol. The van der Waals surface area contributed by atoms with Crippen molar-refractivity contribution in [1.82, 2.24) is 4.72 Å². The summed E-state index contributed by atoms with van der Waals surface area (Å²) in [6.07, 6.45) is 0.526. The molecule has 5 nitrogen and oxygen atoms in total. The van der Waals surface area contributed by atoms with Crippen LogP contribution in [-0.2, 0) is 19.9 Å². The van der Waals surface area contributed by atoms with Gasteiger partial charge in [-0.2, -0.15) is 0 Å². The molecule has 1 aliphatic rings. The summed E-state index contributed by atoms with van der Waals surface area (Å²) in [6.45, 7) is 3.83. The molecule has 0 spiro atoms. The Hall–Kier alpha value is -0.920. The standard InChI is InChI=1S/C13H19NO4S2/c1-10-3-4-13(11(2)7-10)20(17,18)14-8-12-5-6-19(15,16)9-12/h3-4,7,12,14H,5-6,8-9H2,1-2H3/t12-/m0/s1. The van der Waals surface area contributed by atoms with Gasteiger partial charge in [-0.3, -0.25) is 0 Å². The summed E-state index contributed by atoms with van der Waals surface area (Å²) in [5, 5.41) is 0. The number of sulfonamides is 1. The molecule has 0 aromatic heterocycles. The van der Waals surface area contributed by atoms with Crippen molar-refractivity contribution in [3.05, 3.63) is 29.3 Å². The third-order valence-electron chi connectivity index (χ3n) is 3.51. The largest absolute Gasteiger partial charge is 0.240 e. The molecule has 1 aromatic carbocycles. The fourth-order valence-electron chi connectivity index (χ4n) is 2.44. The maximum Gasteiger partial charge on any atom is 0.240 e. The van der Waals surface area contributed by atoms with Gasteiger partial charge in [0.1, 0.15) is 0 Å². The fraction of sp³-hybridized carbons (Fsp3) is 0.538. The van der Waals surface area contributed by atoms with Crippen LogP contribution in [-0.4, -0.2) is 34.9 Å². The molecule has 1 aliphatic heterocycles. The monoisotopic (exact) mass is 317 g/mol. The molecule has 20 heavy (non-hydrogen) atoms. The molecule has 1 aromatic rings. The van der Waals surface area contributed by atoms with Crippen LogP contribution in [0.3, 0.4) is 0 Å². The Balaban J connectivity index is 2.08. The lowest BCUT2D eigenvalue weighted by molar-refractivity contribution is 0.543. The van der Waals surface area contributed by atoms with Crippen LogP contribution in [0.4, 0.5) is 0 Å². The minimum Gasteiger partial charge on any atom is -0.229 e. The van der Waals surface area contributed by atoms with Crippen LogP contribution in [0.15, 0.2) is 23.1 Å². The molecule has 0 bridgehead atoms. The Morgan fingerprint density at radius 1 is 1.30 bits per heavy atom. The molecule has 0 saturated carbocycles. The predicted octanol–water partition coefficient (Wildman–Crippen LogP) is 1.02. The van der Waals surface area contributed by atoms with E-state index < -0.39 is 19.9 Å². The quantitative estimate of drug-likeness (QED) is 0.899. The van der Waals surface area contributed by atoms with E-state index in [1.807, 2.05) is 13.0 Å². The first kappa shape index (κ1) is 15.5. The van der Waals surface area contributed by atoms with Crippen molar-refractivity contribution < 1.29 is 16.8 Å². The Morgan fingerprint density at radius 3 is 2.55 bits per heavy atom. The molecule has 1 atom stereocenters. The van der Waals surface area contributed by atoms with Crippen LogP contribution < -0.4 is 4.72 Å². The van der Waals surface area contributed by atoms with Gasteiger partial charge in [-0.05, 0) is 37.8 Å². The maximum atomic E-state index is 12.2. The summed E-state index contributed by atoms with van der Waals surface area (Å²) in [7, 11) is -6.55. The van der Waals surface area contributed by atoms with Gasteiger partial charge in [-0.1, -0.05) is 17.7 Å². The average Bonchev–Trinajstić information content (AvgIpc) is 2.66. The van der Waals surface area contributed by atoms with Gasteiger partial charge in [0, 0.05) is 6.54 Å². The van der Waals surface area contributed by atoms with Crippen molar-refractivity contribution in [1.29, 1.82) is 0 Å². The van der Waals surface area contributed by atoms with Crippen LogP contribution in [0, 0.1) is 19.8 Å². The van der Waals surface area contributed by atoms with Crippen LogP contribution in [0.25, 0.3) is 0 Å². The molecule has 112 valence electrons. The molecule has 0 amide bonds. The highest BCUT2D eigenvalue weighted by atomic mass is 32.2. The van der Waals surface area contributed by atoms with E-state index in [9.17, 15) is 16.8 Å². The number of aryl methyl sites for hydroxylation is 2. The van der Waals surface area contributed by atoms with E-state index in [4.69, 9.17) is 0 Å². The number of hydrogen-bond donors (Lipinski definition) is 1.